The Morgan fingerprint density at radius 2 is 1.47 bits per heavy atom. The van der Waals surface area contributed by atoms with Crippen molar-refractivity contribution in [3.05, 3.63) is 0 Å². The van der Waals surface area contributed by atoms with Crippen molar-refractivity contribution in [1.29, 1.82) is 0 Å². The first-order valence-corrected chi connectivity index (χ1v) is 7.32. The average molecular weight is 243 g/mol. The Balaban J connectivity index is 3.09. The Morgan fingerprint density at radius 3 is 2.00 bits per heavy atom. The highest BCUT2D eigenvalue weighted by atomic mass is 16.5. The minimum Gasteiger partial charge on any atom is -0.381 e. The van der Waals surface area contributed by atoms with Crippen molar-refractivity contribution >= 4 is 0 Å². The molecule has 17 heavy (non-hydrogen) atoms. The summed E-state index contributed by atoms with van der Waals surface area (Å²) in [5.41, 5.74) is 0. The summed E-state index contributed by atoms with van der Waals surface area (Å²) >= 11 is 0. The van der Waals surface area contributed by atoms with Gasteiger partial charge in [-0.25, -0.2) is 0 Å². The van der Waals surface area contributed by atoms with Crippen molar-refractivity contribution in [2.75, 3.05) is 26.8 Å². The molecule has 0 aliphatic heterocycles. The summed E-state index contributed by atoms with van der Waals surface area (Å²) in [6.45, 7) is 12.1. The first-order valence-electron chi connectivity index (χ1n) is 7.32. The van der Waals surface area contributed by atoms with Crippen LogP contribution in [0.4, 0.5) is 0 Å². The normalized spacial score (nSPS) is 12.0. The highest BCUT2D eigenvalue weighted by Gasteiger charge is 2.01. The summed E-state index contributed by atoms with van der Waals surface area (Å²) in [5.74, 6) is 0.835. The van der Waals surface area contributed by atoms with Crippen LogP contribution in [0.3, 0.4) is 0 Å². The maximum atomic E-state index is 5.64. The molecule has 2 heteroatoms. The maximum Gasteiger partial charge on any atom is 0.0466 e. The SMILES string of the molecule is CC(C)CCCCOCCCCN(C)C(C)C. The van der Waals surface area contributed by atoms with Crippen molar-refractivity contribution in [2.45, 2.75) is 65.8 Å². The van der Waals surface area contributed by atoms with E-state index in [1.54, 1.807) is 0 Å². The molecule has 0 bridgehead atoms. The van der Waals surface area contributed by atoms with Crippen LogP contribution >= 0.6 is 0 Å². The Bertz CT molecular complexity index is 157. The van der Waals surface area contributed by atoms with Gasteiger partial charge in [0.05, 0.1) is 0 Å². The summed E-state index contributed by atoms with van der Waals surface area (Å²) in [7, 11) is 2.19. The van der Waals surface area contributed by atoms with Crippen LogP contribution in [0.15, 0.2) is 0 Å². The number of ether oxygens (including phenoxy) is 1. The van der Waals surface area contributed by atoms with Gasteiger partial charge in [0.15, 0.2) is 0 Å². The lowest BCUT2D eigenvalue weighted by Crippen LogP contribution is -2.27. The average Bonchev–Trinajstić information content (AvgIpc) is 2.25. The van der Waals surface area contributed by atoms with Crippen LogP contribution < -0.4 is 0 Å². The molecule has 0 aromatic heterocycles. The zero-order chi connectivity index (χ0) is 13.1. The summed E-state index contributed by atoms with van der Waals surface area (Å²) in [4.78, 5) is 2.39. The van der Waals surface area contributed by atoms with Crippen LogP contribution in [0.5, 0.6) is 0 Å². The fourth-order valence-electron chi connectivity index (χ4n) is 1.68. The Kier molecular flexibility index (Phi) is 11.0. The highest BCUT2D eigenvalue weighted by molar-refractivity contribution is 4.56. The van der Waals surface area contributed by atoms with Crippen LogP contribution in [0, 0.1) is 5.92 Å². The van der Waals surface area contributed by atoms with Gasteiger partial charge in [0, 0.05) is 19.3 Å². The third-order valence-corrected chi connectivity index (χ3v) is 3.25. The molecule has 0 rings (SSSR count). The van der Waals surface area contributed by atoms with Crippen molar-refractivity contribution in [3.8, 4) is 0 Å². The Morgan fingerprint density at radius 1 is 0.882 bits per heavy atom. The molecule has 0 N–H and O–H groups in total. The molecule has 0 radical (unpaired) electrons. The molecule has 0 saturated heterocycles. The van der Waals surface area contributed by atoms with E-state index < -0.39 is 0 Å². The number of unbranched alkanes of at least 4 members (excludes halogenated alkanes) is 2. The number of rotatable bonds is 11. The van der Waals surface area contributed by atoms with Gasteiger partial charge in [0.2, 0.25) is 0 Å². The quantitative estimate of drug-likeness (QED) is 0.509. The van der Waals surface area contributed by atoms with Gasteiger partial charge in [-0.05, 0) is 52.6 Å². The van der Waals surface area contributed by atoms with Gasteiger partial charge in [0.25, 0.3) is 0 Å². The minimum atomic E-state index is 0.659. The fraction of sp³-hybridized carbons (Fsp3) is 1.00. The molecule has 0 atom stereocenters. The lowest BCUT2D eigenvalue weighted by atomic mass is 10.1. The van der Waals surface area contributed by atoms with E-state index in [0.29, 0.717) is 6.04 Å². The van der Waals surface area contributed by atoms with Gasteiger partial charge >= 0.3 is 0 Å². The molecule has 0 heterocycles. The summed E-state index contributed by atoms with van der Waals surface area (Å²) < 4.78 is 5.64. The van der Waals surface area contributed by atoms with E-state index in [4.69, 9.17) is 4.74 Å². The standard InChI is InChI=1S/C15H33NO/c1-14(2)10-6-8-12-17-13-9-7-11-16(5)15(3)4/h14-15H,6-13H2,1-5H3. The zero-order valence-corrected chi connectivity index (χ0v) is 12.7. The second-order valence-corrected chi connectivity index (χ2v) is 5.78. The largest absolute Gasteiger partial charge is 0.381 e. The van der Waals surface area contributed by atoms with E-state index in [9.17, 15) is 0 Å². The topological polar surface area (TPSA) is 12.5 Å². The summed E-state index contributed by atoms with van der Waals surface area (Å²) in [6, 6.07) is 0.659. The number of nitrogens with zero attached hydrogens (tertiary/aromatic N) is 1. The summed E-state index contributed by atoms with van der Waals surface area (Å²) in [5, 5.41) is 0. The van der Waals surface area contributed by atoms with Gasteiger partial charge in [-0.1, -0.05) is 26.7 Å². The molecule has 0 unspecified atom stereocenters. The molecular weight excluding hydrogens is 210 g/mol. The van der Waals surface area contributed by atoms with Gasteiger partial charge in [0.1, 0.15) is 0 Å². The minimum absolute atomic E-state index is 0.659. The molecule has 0 amide bonds. The molecule has 0 saturated carbocycles. The smallest absolute Gasteiger partial charge is 0.0466 e. The van der Waals surface area contributed by atoms with E-state index in [0.717, 1.165) is 19.1 Å². The van der Waals surface area contributed by atoms with Crippen molar-refractivity contribution < 1.29 is 4.74 Å². The third kappa shape index (κ3) is 12.2. The van der Waals surface area contributed by atoms with Crippen molar-refractivity contribution in [1.82, 2.24) is 4.90 Å². The Labute approximate surface area is 109 Å². The predicted octanol–water partition coefficient (Wildman–Crippen LogP) is 3.95. The highest BCUT2D eigenvalue weighted by Crippen LogP contribution is 2.06. The zero-order valence-electron chi connectivity index (χ0n) is 12.7. The monoisotopic (exact) mass is 243 g/mol. The predicted molar refractivity (Wildman–Crippen MR) is 76.5 cm³/mol. The molecule has 0 aliphatic carbocycles. The van der Waals surface area contributed by atoms with E-state index in [2.05, 4.69) is 39.6 Å². The van der Waals surface area contributed by atoms with Crippen molar-refractivity contribution in [2.24, 2.45) is 5.92 Å². The fourth-order valence-corrected chi connectivity index (χ4v) is 1.68. The third-order valence-electron chi connectivity index (χ3n) is 3.25. The second kappa shape index (κ2) is 11.0. The van der Waals surface area contributed by atoms with Gasteiger partial charge in [-0.15, -0.1) is 0 Å². The molecule has 104 valence electrons. The molecule has 0 fully saturated rings. The van der Waals surface area contributed by atoms with Crippen LogP contribution in [0.1, 0.15) is 59.8 Å². The van der Waals surface area contributed by atoms with Gasteiger partial charge in [-0.2, -0.15) is 0 Å². The van der Waals surface area contributed by atoms with E-state index in [1.165, 1.54) is 38.6 Å². The summed E-state index contributed by atoms with van der Waals surface area (Å²) in [6.07, 6.45) is 6.32. The van der Waals surface area contributed by atoms with Crippen LogP contribution in [0.25, 0.3) is 0 Å². The van der Waals surface area contributed by atoms with Crippen LogP contribution in [-0.2, 0) is 4.74 Å². The maximum absolute atomic E-state index is 5.64. The Hall–Kier alpha value is -0.0800. The van der Waals surface area contributed by atoms with Crippen molar-refractivity contribution in [3.63, 3.8) is 0 Å². The first-order chi connectivity index (χ1) is 8.04. The van der Waals surface area contributed by atoms with Crippen LogP contribution in [-0.4, -0.2) is 37.7 Å². The van der Waals surface area contributed by atoms with Gasteiger partial charge < -0.3 is 9.64 Å². The second-order valence-electron chi connectivity index (χ2n) is 5.78. The van der Waals surface area contributed by atoms with Gasteiger partial charge in [-0.3, -0.25) is 0 Å². The molecule has 0 spiro atoms. The first kappa shape index (κ1) is 16.9. The van der Waals surface area contributed by atoms with Crippen LogP contribution in [0.2, 0.25) is 0 Å². The molecule has 2 nitrogen and oxygen atoms in total. The molecule has 0 aromatic rings. The lowest BCUT2D eigenvalue weighted by Gasteiger charge is -2.20. The van der Waals surface area contributed by atoms with E-state index >= 15 is 0 Å². The molecule has 0 aliphatic rings. The number of hydrogen-bond acceptors (Lipinski definition) is 2. The molecular formula is C15H33NO. The molecule has 0 aromatic carbocycles. The van der Waals surface area contributed by atoms with E-state index in [-0.39, 0.29) is 0 Å². The lowest BCUT2D eigenvalue weighted by molar-refractivity contribution is 0.122. The van der Waals surface area contributed by atoms with E-state index in [1.807, 2.05) is 0 Å². The number of hydrogen-bond donors (Lipinski definition) is 0.